The van der Waals surface area contributed by atoms with Gasteiger partial charge < -0.3 is 10.0 Å². The van der Waals surface area contributed by atoms with Gasteiger partial charge in [0.1, 0.15) is 0 Å². The molecule has 0 spiro atoms. The van der Waals surface area contributed by atoms with Gasteiger partial charge >= 0.3 is 0 Å². The highest BCUT2D eigenvalue weighted by atomic mass is 16.3. The molecule has 3 heteroatoms. The topological polar surface area (TPSA) is 40.5 Å². The lowest BCUT2D eigenvalue weighted by molar-refractivity contribution is -0.133. The zero-order chi connectivity index (χ0) is 9.35. The highest BCUT2D eigenvalue weighted by Crippen LogP contribution is 2.30. The van der Waals surface area contributed by atoms with Crippen LogP contribution in [0.15, 0.2) is 0 Å². The monoisotopic (exact) mass is 171 g/mol. The number of hydrogen-bond acceptors (Lipinski definition) is 2. The van der Waals surface area contributed by atoms with Crippen LogP contribution in [0.3, 0.4) is 0 Å². The third-order valence-electron chi connectivity index (χ3n) is 1.93. The Bertz CT molecular complexity index is 179. The Kier molecular flexibility index (Phi) is 2.42. The zero-order valence-electron chi connectivity index (χ0n) is 8.00. The molecule has 0 bridgehead atoms. The SMILES string of the molecule is CN(CC(C)(C)O)C(=O)C1CC1. The number of nitrogens with zero attached hydrogens (tertiary/aromatic N) is 1. The first-order chi connectivity index (χ1) is 5.40. The molecule has 0 aromatic heterocycles. The normalized spacial score (nSPS) is 17.7. The van der Waals surface area contributed by atoms with E-state index < -0.39 is 5.60 Å². The van der Waals surface area contributed by atoms with Crippen LogP contribution >= 0.6 is 0 Å². The molecule has 1 aliphatic rings. The fourth-order valence-corrected chi connectivity index (χ4v) is 1.30. The molecule has 3 nitrogen and oxygen atoms in total. The van der Waals surface area contributed by atoms with E-state index in [1.807, 2.05) is 0 Å². The second kappa shape index (κ2) is 3.05. The van der Waals surface area contributed by atoms with Gasteiger partial charge in [-0.1, -0.05) is 0 Å². The molecule has 1 fully saturated rings. The van der Waals surface area contributed by atoms with E-state index in [9.17, 15) is 9.90 Å². The number of amides is 1. The van der Waals surface area contributed by atoms with Crippen molar-refractivity contribution in [1.29, 1.82) is 0 Å². The van der Waals surface area contributed by atoms with Crippen molar-refractivity contribution in [2.75, 3.05) is 13.6 Å². The fourth-order valence-electron chi connectivity index (χ4n) is 1.30. The molecule has 0 aromatic carbocycles. The van der Waals surface area contributed by atoms with E-state index in [0.717, 1.165) is 12.8 Å². The first-order valence-electron chi connectivity index (χ1n) is 4.37. The lowest BCUT2D eigenvalue weighted by Crippen LogP contribution is -2.40. The van der Waals surface area contributed by atoms with Gasteiger partial charge in [-0.2, -0.15) is 0 Å². The van der Waals surface area contributed by atoms with Crippen LogP contribution in [0.4, 0.5) is 0 Å². The maximum absolute atomic E-state index is 11.4. The minimum atomic E-state index is -0.778. The Morgan fingerprint density at radius 2 is 2.08 bits per heavy atom. The largest absolute Gasteiger partial charge is 0.389 e. The van der Waals surface area contributed by atoms with Crippen molar-refractivity contribution in [1.82, 2.24) is 4.90 Å². The molecule has 0 aliphatic heterocycles. The number of likely N-dealkylation sites (N-methyl/N-ethyl adjacent to an activating group) is 1. The summed E-state index contributed by atoms with van der Waals surface area (Å²) >= 11 is 0. The smallest absolute Gasteiger partial charge is 0.225 e. The van der Waals surface area contributed by atoms with E-state index in [4.69, 9.17) is 0 Å². The molecule has 0 atom stereocenters. The van der Waals surface area contributed by atoms with Gasteiger partial charge in [0.05, 0.1) is 5.60 Å². The summed E-state index contributed by atoms with van der Waals surface area (Å²) in [5.41, 5.74) is -0.778. The second-order valence-corrected chi connectivity index (χ2v) is 4.28. The molecule has 0 unspecified atom stereocenters. The predicted molar refractivity (Wildman–Crippen MR) is 46.7 cm³/mol. The van der Waals surface area contributed by atoms with E-state index >= 15 is 0 Å². The average molecular weight is 171 g/mol. The van der Waals surface area contributed by atoms with Crippen molar-refractivity contribution >= 4 is 5.91 Å². The Hall–Kier alpha value is -0.570. The Labute approximate surface area is 73.4 Å². The van der Waals surface area contributed by atoms with Crippen LogP contribution in [0.25, 0.3) is 0 Å². The molecule has 0 heterocycles. The summed E-state index contributed by atoms with van der Waals surface area (Å²) in [6.07, 6.45) is 2.05. The van der Waals surface area contributed by atoms with E-state index in [2.05, 4.69) is 0 Å². The molecule has 70 valence electrons. The minimum absolute atomic E-state index is 0.178. The molecule has 1 aliphatic carbocycles. The standard InChI is InChI=1S/C9H17NO2/c1-9(2,12)6-10(3)8(11)7-4-5-7/h7,12H,4-6H2,1-3H3. The van der Waals surface area contributed by atoms with Crippen molar-refractivity contribution in [2.45, 2.75) is 32.3 Å². The predicted octanol–water partition coefficient (Wildman–Crippen LogP) is 0.626. The molecule has 1 saturated carbocycles. The third-order valence-corrected chi connectivity index (χ3v) is 1.93. The van der Waals surface area contributed by atoms with E-state index in [1.54, 1.807) is 25.8 Å². The summed E-state index contributed by atoms with van der Waals surface area (Å²) in [6.45, 7) is 3.84. The van der Waals surface area contributed by atoms with Crippen molar-refractivity contribution in [2.24, 2.45) is 5.92 Å². The third kappa shape index (κ3) is 2.81. The Morgan fingerprint density at radius 3 is 2.42 bits per heavy atom. The molecule has 1 N–H and O–H groups in total. The molecular formula is C9H17NO2. The summed E-state index contributed by atoms with van der Waals surface area (Å²) in [5, 5.41) is 9.45. The van der Waals surface area contributed by atoms with Crippen molar-refractivity contribution in [3.05, 3.63) is 0 Å². The van der Waals surface area contributed by atoms with Crippen LogP contribution in [0, 0.1) is 5.92 Å². The van der Waals surface area contributed by atoms with Crippen LogP contribution in [0.2, 0.25) is 0 Å². The molecule has 0 aromatic rings. The number of carbonyl (C=O) groups is 1. The second-order valence-electron chi connectivity index (χ2n) is 4.28. The van der Waals surface area contributed by atoms with Crippen LogP contribution in [-0.2, 0) is 4.79 Å². The summed E-state index contributed by atoms with van der Waals surface area (Å²) < 4.78 is 0. The van der Waals surface area contributed by atoms with Gasteiger partial charge in [0.15, 0.2) is 0 Å². The lowest BCUT2D eigenvalue weighted by atomic mass is 10.1. The van der Waals surface area contributed by atoms with Gasteiger partial charge in [-0.3, -0.25) is 4.79 Å². The maximum Gasteiger partial charge on any atom is 0.225 e. The van der Waals surface area contributed by atoms with Gasteiger partial charge in [-0.15, -0.1) is 0 Å². The summed E-state index contributed by atoms with van der Waals surface area (Å²) in [5.74, 6) is 0.425. The molecule has 12 heavy (non-hydrogen) atoms. The molecule has 1 amide bonds. The Balaban J connectivity index is 2.36. The minimum Gasteiger partial charge on any atom is -0.389 e. The van der Waals surface area contributed by atoms with Gasteiger partial charge in [-0.05, 0) is 26.7 Å². The van der Waals surface area contributed by atoms with Crippen molar-refractivity contribution in [3.63, 3.8) is 0 Å². The van der Waals surface area contributed by atoms with E-state index in [0.29, 0.717) is 6.54 Å². The summed E-state index contributed by atoms with van der Waals surface area (Å²) in [6, 6.07) is 0. The number of aliphatic hydroxyl groups is 1. The van der Waals surface area contributed by atoms with Crippen LogP contribution in [0.5, 0.6) is 0 Å². The lowest BCUT2D eigenvalue weighted by Gasteiger charge is -2.25. The van der Waals surface area contributed by atoms with Gasteiger partial charge in [0.2, 0.25) is 5.91 Å². The molecular weight excluding hydrogens is 154 g/mol. The average Bonchev–Trinajstić information content (AvgIpc) is 2.62. The van der Waals surface area contributed by atoms with Crippen LogP contribution < -0.4 is 0 Å². The van der Waals surface area contributed by atoms with Crippen LogP contribution in [0.1, 0.15) is 26.7 Å². The molecule has 1 rings (SSSR count). The quantitative estimate of drug-likeness (QED) is 0.676. The van der Waals surface area contributed by atoms with Gasteiger partial charge in [0, 0.05) is 19.5 Å². The number of hydrogen-bond donors (Lipinski definition) is 1. The zero-order valence-corrected chi connectivity index (χ0v) is 8.00. The number of rotatable bonds is 3. The highest BCUT2D eigenvalue weighted by molar-refractivity contribution is 5.80. The maximum atomic E-state index is 11.4. The first kappa shape index (κ1) is 9.52. The number of carbonyl (C=O) groups excluding carboxylic acids is 1. The van der Waals surface area contributed by atoms with Gasteiger partial charge in [-0.25, -0.2) is 0 Å². The van der Waals surface area contributed by atoms with E-state index in [-0.39, 0.29) is 11.8 Å². The first-order valence-corrected chi connectivity index (χ1v) is 4.37. The van der Waals surface area contributed by atoms with Gasteiger partial charge in [0.25, 0.3) is 0 Å². The van der Waals surface area contributed by atoms with Crippen LogP contribution in [-0.4, -0.2) is 35.1 Å². The highest BCUT2D eigenvalue weighted by Gasteiger charge is 2.33. The fraction of sp³-hybridized carbons (Fsp3) is 0.889. The molecule has 0 saturated heterocycles. The van der Waals surface area contributed by atoms with Crippen molar-refractivity contribution in [3.8, 4) is 0 Å². The summed E-state index contributed by atoms with van der Waals surface area (Å²) in [4.78, 5) is 13.0. The van der Waals surface area contributed by atoms with Crippen molar-refractivity contribution < 1.29 is 9.90 Å². The Morgan fingerprint density at radius 1 is 1.58 bits per heavy atom. The molecule has 0 radical (unpaired) electrons. The van der Waals surface area contributed by atoms with E-state index in [1.165, 1.54) is 0 Å². The summed E-state index contributed by atoms with van der Waals surface area (Å²) in [7, 11) is 1.75.